The number of nitrogens with zero attached hydrogens (tertiary/aromatic N) is 2. The van der Waals surface area contributed by atoms with E-state index in [0.717, 1.165) is 67.3 Å². The second kappa shape index (κ2) is 11.2. The van der Waals surface area contributed by atoms with Crippen LogP contribution in [0.1, 0.15) is 105 Å². The van der Waals surface area contributed by atoms with Crippen LogP contribution in [0.25, 0.3) is 45.0 Å². The van der Waals surface area contributed by atoms with Crippen LogP contribution in [0.4, 0.5) is 0 Å². The fourth-order valence-corrected chi connectivity index (χ4v) is 5.94. The molecule has 242 valence electrons. The van der Waals surface area contributed by atoms with Gasteiger partial charge in [-0.1, -0.05) is 101 Å². The van der Waals surface area contributed by atoms with E-state index in [4.69, 9.17) is 10.2 Å². The largest absolute Gasteiger partial charge is 0.507 e. The topological polar surface area (TPSA) is 97.8 Å². The number of nitrogens with one attached hydrogen (secondary N) is 2. The maximum atomic E-state index is 11.2. The fourth-order valence-electron chi connectivity index (χ4n) is 5.94. The van der Waals surface area contributed by atoms with Crippen LogP contribution >= 0.6 is 0 Å². The first-order valence-electron chi connectivity index (χ1n) is 16.1. The highest BCUT2D eigenvalue weighted by atomic mass is 16.3. The highest BCUT2D eigenvalue weighted by Crippen LogP contribution is 2.44. The lowest BCUT2D eigenvalue weighted by Crippen LogP contribution is -2.17. The predicted octanol–water partition coefficient (Wildman–Crippen LogP) is 10.4. The van der Waals surface area contributed by atoms with Gasteiger partial charge >= 0.3 is 0 Å². The Bertz CT molecular complexity index is 1690. The van der Waals surface area contributed by atoms with Gasteiger partial charge in [0.1, 0.15) is 11.5 Å². The first-order chi connectivity index (χ1) is 21.1. The molecular weight excluding hydrogens is 568 g/mol. The van der Waals surface area contributed by atoms with E-state index < -0.39 is 0 Å². The molecule has 0 fully saturated rings. The van der Waals surface area contributed by atoms with E-state index in [1.165, 1.54) is 0 Å². The van der Waals surface area contributed by atoms with Gasteiger partial charge in [-0.2, -0.15) is 10.2 Å². The number of hydrogen-bond donors (Lipinski definition) is 4. The molecule has 0 radical (unpaired) electrons. The van der Waals surface area contributed by atoms with Crippen molar-refractivity contribution in [2.24, 2.45) is 0 Å². The smallest absolute Gasteiger partial charge is 0.123 e. The van der Waals surface area contributed by atoms with Crippen molar-refractivity contribution >= 4 is 0 Å². The fraction of sp³-hybridized carbons (Fsp3) is 0.400. The minimum atomic E-state index is -0.223. The van der Waals surface area contributed by atoms with Gasteiger partial charge in [-0.25, -0.2) is 0 Å². The van der Waals surface area contributed by atoms with Crippen LogP contribution in [0.5, 0.6) is 11.5 Å². The molecule has 0 aliphatic rings. The van der Waals surface area contributed by atoms with Crippen molar-refractivity contribution in [3.63, 3.8) is 0 Å². The number of hydrogen-bond acceptors (Lipinski definition) is 4. The standard InChI is InChI=1S/C40H50N4O2/c1-37(2,3)27-17-25(18-28(35(27)45)38(4,5)6)33-21-31(41-43-33)23-14-13-15-24(16-23)32-22-34(44-42-32)26-19-29(39(7,8)9)36(46)30(20-26)40(10,11)12/h13-22,45-46H,1-12H3,(H,41,43)(H,42,44). The summed E-state index contributed by atoms with van der Waals surface area (Å²) in [5, 5.41) is 38.3. The Morgan fingerprint density at radius 3 is 1.02 bits per heavy atom. The molecule has 0 aliphatic heterocycles. The average molecular weight is 619 g/mol. The van der Waals surface area contributed by atoms with Gasteiger partial charge in [-0.3, -0.25) is 10.2 Å². The van der Waals surface area contributed by atoms with E-state index in [0.29, 0.717) is 11.5 Å². The van der Waals surface area contributed by atoms with Gasteiger partial charge in [0.05, 0.1) is 22.8 Å². The monoisotopic (exact) mass is 618 g/mol. The molecule has 5 rings (SSSR count). The molecule has 5 aromatic rings. The van der Waals surface area contributed by atoms with Crippen molar-refractivity contribution in [2.45, 2.75) is 105 Å². The summed E-state index contributed by atoms with van der Waals surface area (Å²) in [4.78, 5) is 0. The van der Waals surface area contributed by atoms with Crippen LogP contribution in [0.3, 0.4) is 0 Å². The average Bonchev–Trinajstić information content (AvgIpc) is 3.62. The summed E-state index contributed by atoms with van der Waals surface area (Å²) in [5.41, 5.74) is 10.2. The van der Waals surface area contributed by atoms with Crippen molar-refractivity contribution in [1.82, 2.24) is 20.4 Å². The van der Waals surface area contributed by atoms with Crippen molar-refractivity contribution in [3.8, 4) is 56.5 Å². The lowest BCUT2D eigenvalue weighted by molar-refractivity contribution is 0.422. The van der Waals surface area contributed by atoms with Crippen LogP contribution < -0.4 is 0 Å². The minimum absolute atomic E-state index is 0.223. The van der Waals surface area contributed by atoms with Gasteiger partial charge in [-0.15, -0.1) is 0 Å². The molecular formula is C40H50N4O2. The Morgan fingerprint density at radius 1 is 0.435 bits per heavy atom. The normalized spacial score (nSPS) is 13.0. The zero-order valence-electron chi connectivity index (χ0n) is 29.6. The lowest BCUT2D eigenvalue weighted by atomic mass is 9.78. The van der Waals surface area contributed by atoms with Crippen molar-refractivity contribution in [3.05, 3.63) is 82.9 Å². The van der Waals surface area contributed by atoms with Crippen LogP contribution in [0.2, 0.25) is 0 Å². The number of aromatic nitrogens is 4. The number of phenolic OH excluding ortho intramolecular Hbond substituents is 2. The van der Waals surface area contributed by atoms with Gasteiger partial charge < -0.3 is 10.2 Å². The number of benzene rings is 3. The molecule has 3 aromatic carbocycles. The zero-order valence-corrected chi connectivity index (χ0v) is 29.6. The first-order valence-corrected chi connectivity index (χ1v) is 16.1. The summed E-state index contributed by atoms with van der Waals surface area (Å²) < 4.78 is 0. The molecule has 0 saturated heterocycles. The number of rotatable bonds is 4. The summed E-state index contributed by atoms with van der Waals surface area (Å²) in [6, 6.07) is 20.7. The molecule has 0 bridgehead atoms. The van der Waals surface area contributed by atoms with E-state index in [1.807, 2.05) is 6.07 Å². The quantitative estimate of drug-likeness (QED) is 0.161. The van der Waals surface area contributed by atoms with E-state index in [1.54, 1.807) is 0 Å². The molecule has 0 unspecified atom stereocenters. The summed E-state index contributed by atoms with van der Waals surface area (Å²) in [6.45, 7) is 25.4. The van der Waals surface area contributed by atoms with Crippen molar-refractivity contribution in [1.29, 1.82) is 0 Å². The Kier molecular flexibility index (Phi) is 8.04. The molecule has 4 N–H and O–H groups in total. The third-order valence-electron chi connectivity index (χ3n) is 8.68. The number of aromatic hydroxyl groups is 2. The third-order valence-corrected chi connectivity index (χ3v) is 8.68. The molecule has 2 aromatic heterocycles. The van der Waals surface area contributed by atoms with E-state index in [9.17, 15) is 10.2 Å². The molecule has 6 heteroatoms. The maximum absolute atomic E-state index is 11.2. The van der Waals surface area contributed by atoms with Crippen molar-refractivity contribution < 1.29 is 10.2 Å². The van der Waals surface area contributed by atoms with Gasteiger partial charge in [0.15, 0.2) is 0 Å². The maximum Gasteiger partial charge on any atom is 0.123 e. The second-order valence-corrected chi connectivity index (χ2v) is 16.8. The SMILES string of the molecule is CC(C)(C)c1cc(-c2cc(-c3cccc(-c4cc(-c5cc(C(C)(C)C)c(O)c(C(C)(C)C)c5)n[nH]4)c3)[nH]n2)cc(C(C)(C)C)c1O. The summed E-state index contributed by atoms with van der Waals surface area (Å²) in [5.74, 6) is 0.727. The number of aromatic amines is 2. The van der Waals surface area contributed by atoms with Crippen molar-refractivity contribution in [2.75, 3.05) is 0 Å². The Morgan fingerprint density at radius 2 is 0.739 bits per heavy atom. The van der Waals surface area contributed by atoms with E-state index in [2.05, 4.69) is 148 Å². The number of phenols is 2. The van der Waals surface area contributed by atoms with Gasteiger partial charge in [0, 0.05) is 44.5 Å². The summed E-state index contributed by atoms with van der Waals surface area (Å²) >= 11 is 0. The van der Waals surface area contributed by atoms with Gasteiger partial charge in [0.2, 0.25) is 0 Å². The highest BCUT2D eigenvalue weighted by molar-refractivity contribution is 5.76. The second-order valence-electron chi connectivity index (χ2n) is 16.8. The lowest BCUT2D eigenvalue weighted by Gasteiger charge is -2.28. The Hall–Kier alpha value is -4.32. The van der Waals surface area contributed by atoms with Crippen LogP contribution in [-0.2, 0) is 21.7 Å². The van der Waals surface area contributed by atoms with Crippen LogP contribution in [-0.4, -0.2) is 30.6 Å². The molecule has 0 spiro atoms. The molecule has 0 amide bonds. The van der Waals surface area contributed by atoms with Gasteiger partial charge in [0.25, 0.3) is 0 Å². The zero-order chi connectivity index (χ0) is 34.0. The molecule has 0 atom stereocenters. The third kappa shape index (κ3) is 6.48. The predicted molar refractivity (Wildman–Crippen MR) is 191 cm³/mol. The molecule has 0 aliphatic carbocycles. The molecule has 0 saturated carbocycles. The van der Waals surface area contributed by atoms with Crippen LogP contribution in [0.15, 0.2) is 60.7 Å². The van der Waals surface area contributed by atoms with Gasteiger partial charge in [-0.05, 0) is 64.1 Å². The molecule has 6 nitrogen and oxygen atoms in total. The number of H-pyrrole nitrogens is 2. The summed E-state index contributed by atoms with van der Waals surface area (Å²) in [7, 11) is 0. The Labute approximate surface area is 274 Å². The summed E-state index contributed by atoms with van der Waals surface area (Å²) in [6.07, 6.45) is 0. The van der Waals surface area contributed by atoms with E-state index in [-0.39, 0.29) is 21.7 Å². The van der Waals surface area contributed by atoms with Crippen LogP contribution in [0, 0.1) is 0 Å². The van der Waals surface area contributed by atoms with E-state index >= 15 is 0 Å². The first kappa shape index (κ1) is 33.1. The Balaban J connectivity index is 1.51. The minimum Gasteiger partial charge on any atom is -0.507 e. The molecule has 2 heterocycles. The molecule has 46 heavy (non-hydrogen) atoms. The highest BCUT2D eigenvalue weighted by Gasteiger charge is 2.29.